The first-order chi connectivity index (χ1) is 14.1. The quantitative estimate of drug-likeness (QED) is 0.670. The number of nitriles is 1. The summed E-state index contributed by atoms with van der Waals surface area (Å²) in [7, 11) is -1.16. The van der Waals surface area contributed by atoms with Gasteiger partial charge in [0.15, 0.2) is 11.3 Å². The summed E-state index contributed by atoms with van der Waals surface area (Å²) >= 11 is 3.36. The molecule has 2 aliphatic heterocycles. The van der Waals surface area contributed by atoms with E-state index in [0.29, 0.717) is 33.9 Å². The molecule has 2 N–H and O–H groups in total. The summed E-state index contributed by atoms with van der Waals surface area (Å²) in [6.45, 7) is 10.1. The van der Waals surface area contributed by atoms with Crippen molar-refractivity contribution in [3.63, 3.8) is 0 Å². The normalized spacial score (nSPS) is 25.0. The number of piperidine rings is 1. The molecule has 2 saturated heterocycles. The van der Waals surface area contributed by atoms with Crippen LogP contribution in [0.2, 0.25) is 0 Å². The Bertz CT molecular complexity index is 1020. The molecule has 0 radical (unpaired) electrons. The van der Waals surface area contributed by atoms with Gasteiger partial charge in [-0.3, -0.25) is 5.10 Å². The molecule has 0 amide bonds. The molecule has 1 spiro atoms. The highest BCUT2D eigenvalue weighted by Gasteiger charge is 2.50. The maximum atomic E-state index is 12.7. The summed E-state index contributed by atoms with van der Waals surface area (Å²) in [5.74, 6) is 0.516. The van der Waals surface area contributed by atoms with Gasteiger partial charge in [-0.05, 0) is 56.5 Å². The molecule has 2 aliphatic rings. The van der Waals surface area contributed by atoms with E-state index in [0.717, 1.165) is 25.9 Å². The molecular formula is C19H26BrN7O2S. The monoisotopic (exact) mass is 495 g/mol. The Hall–Kier alpha value is -1.61. The van der Waals surface area contributed by atoms with Crippen LogP contribution in [0.5, 0.6) is 0 Å². The van der Waals surface area contributed by atoms with E-state index in [1.54, 1.807) is 0 Å². The topological polar surface area (TPSA) is 120 Å². The number of nitrogens with one attached hydrogen (secondary N) is 2. The standard InChI is InChI=1S/C19H26BrN7O2S/c1-11-14(26-30(28)18(2,3)4)19(10-29-11)5-7-27(8-6-19)17-22-12(9-21)13-15(20)24-25-16(13)23-17/h11,14,26H,5-8,10H2,1-4H3,(H,22,23,24,25)/t11-,14+,30?/m0/s1. The van der Waals surface area contributed by atoms with Crippen molar-refractivity contribution in [1.82, 2.24) is 24.9 Å². The summed E-state index contributed by atoms with van der Waals surface area (Å²) in [5, 5.41) is 17.1. The summed E-state index contributed by atoms with van der Waals surface area (Å²) in [6.07, 6.45) is 1.73. The van der Waals surface area contributed by atoms with Gasteiger partial charge in [-0.1, -0.05) is 0 Å². The van der Waals surface area contributed by atoms with E-state index >= 15 is 0 Å². The van der Waals surface area contributed by atoms with Gasteiger partial charge >= 0.3 is 0 Å². The Morgan fingerprint density at radius 1 is 1.37 bits per heavy atom. The number of halogens is 1. The van der Waals surface area contributed by atoms with Crippen molar-refractivity contribution in [3.05, 3.63) is 10.3 Å². The van der Waals surface area contributed by atoms with Crippen molar-refractivity contribution in [2.24, 2.45) is 5.41 Å². The summed E-state index contributed by atoms with van der Waals surface area (Å²) in [5.41, 5.74) is 0.699. The van der Waals surface area contributed by atoms with E-state index in [9.17, 15) is 9.47 Å². The molecule has 2 aromatic heterocycles. The summed E-state index contributed by atoms with van der Waals surface area (Å²) in [6, 6.07) is 2.17. The van der Waals surface area contributed by atoms with Gasteiger partial charge in [0.2, 0.25) is 5.95 Å². The molecule has 11 heteroatoms. The number of hydrogen-bond acceptors (Lipinski definition) is 7. The first-order valence-electron chi connectivity index (χ1n) is 10.0. The van der Waals surface area contributed by atoms with Crippen LogP contribution in [0.25, 0.3) is 11.0 Å². The minimum Gasteiger partial charge on any atom is -0.376 e. The number of fused-ring (bicyclic) bond motifs is 1. The van der Waals surface area contributed by atoms with Crippen LogP contribution in [0.3, 0.4) is 0 Å². The van der Waals surface area contributed by atoms with Gasteiger partial charge in [0.05, 0.1) is 39.9 Å². The number of aromatic amines is 1. The molecule has 0 bridgehead atoms. The number of H-pyrrole nitrogens is 1. The predicted molar refractivity (Wildman–Crippen MR) is 118 cm³/mol. The van der Waals surface area contributed by atoms with Gasteiger partial charge in [0, 0.05) is 18.5 Å². The Kier molecular flexibility index (Phi) is 5.63. The van der Waals surface area contributed by atoms with Gasteiger partial charge in [-0.25, -0.2) is 13.9 Å². The van der Waals surface area contributed by atoms with Crippen LogP contribution in [0.4, 0.5) is 5.95 Å². The SMILES string of the molecule is C[C@@H]1OCC2(CCN(c3nc(C#N)c4c(Br)[nH]nc4n3)CC2)[C@@H]1NS(=O)C(C)(C)C. The average molecular weight is 496 g/mol. The fourth-order valence-electron chi connectivity index (χ4n) is 4.20. The zero-order chi connectivity index (χ0) is 21.7. The predicted octanol–water partition coefficient (Wildman–Crippen LogP) is 2.41. The maximum absolute atomic E-state index is 12.7. The van der Waals surface area contributed by atoms with E-state index in [1.165, 1.54) is 0 Å². The third kappa shape index (κ3) is 3.75. The zero-order valence-corrected chi connectivity index (χ0v) is 19.9. The van der Waals surface area contributed by atoms with Gasteiger partial charge in [0.1, 0.15) is 10.7 Å². The Morgan fingerprint density at radius 3 is 2.70 bits per heavy atom. The van der Waals surface area contributed by atoms with E-state index in [2.05, 4.69) is 51.8 Å². The average Bonchev–Trinajstić information content (AvgIpc) is 3.23. The maximum Gasteiger partial charge on any atom is 0.228 e. The second kappa shape index (κ2) is 7.82. The van der Waals surface area contributed by atoms with Crippen molar-refractivity contribution in [2.75, 3.05) is 24.6 Å². The van der Waals surface area contributed by atoms with Crippen LogP contribution in [0, 0.1) is 16.7 Å². The van der Waals surface area contributed by atoms with Crippen molar-refractivity contribution >= 4 is 43.9 Å². The molecule has 162 valence electrons. The zero-order valence-electron chi connectivity index (χ0n) is 17.5. The third-order valence-corrected chi connectivity index (χ3v) is 8.21. The Balaban J connectivity index is 1.54. The van der Waals surface area contributed by atoms with Crippen LogP contribution in [0.1, 0.15) is 46.2 Å². The van der Waals surface area contributed by atoms with Gasteiger partial charge < -0.3 is 9.64 Å². The summed E-state index contributed by atoms with van der Waals surface area (Å²) < 4.78 is 22.4. The number of rotatable bonds is 3. The fraction of sp³-hybridized carbons (Fsp3) is 0.684. The first-order valence-corrected chi connectivity index (χ1v) is 12.0. The van der Waals surface area contributed by atoms with E-state index in [4.69, 9.17) is 4.74 Å². The number of hydrogen-bond donors (Lipinski definition) is 2. The fourth-order valence-corrected chi connectivity index (χ4v) is 5.68. The lowest BCUT2D eigenvalue weighted by atomic mass is 9.73. The molecule has 30 heavy (non-hydrogen) atoms. The second-order valence-corrected chi connectivity index (χ2v) is 11.9. The molecule has 4 rings (SSSR count). The lowest BCUT2D eigenvalue weighted by Gasteiger charge is -2.43. The number of ether oxygens (including phenoxy) is 1. The third-order valence-electron chi connectivity index (χ3n) is 6.06. The van der Waals surface area contributed by atoms with Crippen LogP contribution in [-0.2, 0) is 15.7 Å². The van der Waals surface area contributed by atoms with Gasteiger partial charge in [-0.2, -0.15) is 15.3 Å². The lowest BCUT2D eigenvalue weighted by molar-refractivity contribution is 0.0973. The highest BCUT2D eigenvalue weighted by molar-refractivity contribution is 9.10. The number of aromatic nitrogens is 4. The minimum atomic E-state index is -1.16. The summed E-state index contributed by atoms with van der Waals surface area (Å²) in [4.78, 5) is 11.1. The van der Waals surface area contributed by atoms with Crippen molar-refractivity contribution in [2.45, 2.75) is 57.4 Å². The lowest BCUT2D eigenvalue weighted by Crippen LogP contribution is -2.55. The van der Waals surface area contributed by atoms with Crippen LogP contribution in [-0.4, -0.2) is 61.0 Å². The molecule has 9 nitrogen and oxygen atoms in total. The molecular weight excluding hydrogens is 470 g/mol. The van der Waals surface area contributed by atoms with Gasteiger partial charge in [-0.15, -0.1) is 0 Å². The van der Waals surface area contributed by atoms with Crippen molar-refractivity contribution in [1.29, 1.82) is 5.26 Å². The molecule has 0 aliphatic carbocycles. The smallest absolute Gasteiger partial charge is 0.228 e. The molecule has 0 aromatic carbocycles. The van der Waals surface area contributed by atoms with Crippen LogP contribution < -0.4 is 9.62 Å². The Labute approximate surface area is 186 Å². The number of anilines is 1. The number of nitrogens with zero attached hydrogens (tertiary/aromatic N) is 5. The molecule has 3 atom stereocenters. The van der Waals surface area contributed by atoms with Crippen LogP contribution >= 0.6 is 15.9 Å². The molecule has 0 saturated carbocycles. The van der Waals surface area contributed by atoms with E-state index in [-0.39, 0.29) is 22.3 Å². The van der Waals surface area contributed by atoms with Crippen molar-refractivity contribution < 1.29 is 8.95 Å². The van der Waals surface area contributed by atoms with Gasteiger partial charge in [0.25, 0.3) is 0 Å². The molecule has 4 heterocycles. The minimum absolute atomic E-state index is 0.00190. The highest BCUT2D eigenvalue weighted by Crippen LogP contribution is 2.43. The molecule has 2 aromatic rings. The van der Waals surface area contributed by atoms with Crippen LogP contribution in [0.15, 0.2) is 4.60 Å². The molecule has 2 fully saturated rings. The largest absolute Gasteiger partial charge is 0.376 e. The molecule has 1 unspecified atom stereocenters. The first kappa shape index (κ1) is 21.6. The van der Waals surface area contributed by atoms with E-state index in [1.807, 2.05) is 27.7 Å². The van der Waals surface area contributed by atoms with Crippen molar-refractivity contribution in [3.8, 4) is 6.07 Å². The van der Waals surface area contributed by atoms with E-state index < -0.39 is 11.0 Å². The Morgan fingerprint density at radius 2 is 2.07 bits per heavy atom. The highest BCUT2D eigenvalue weighted by atomic mass is 79.9. The second-order valence-electron chi connectivity index (χ2n) is 9.06.